The summed E-state index contributed by atoms with van der Waals surface area (Å²) in [5, 5.41) is 27.4. The van der Waals surface area contributed by atoms with Crippen LogP contribution in [0.25, 0.3) is 11.1 Å². The summed E-state index contributed by atoms with van der Waals surface area (Å²) in [7, 11) is 0. The molecule has 36 heavy (non-hydrogen) atoms. The molecule has 0 aliphatic carbocycles. The van der Waals surface area contributed by atoms with Crippen LogP contribution < -0.4 is 21.4 Å². The summed E-state index contributed by atoms with van der Waals surface area (Å²) in [6.07, 6.45) is -1.20. The monoisotopic (exact) mass is 510 g/mol. The average Bonchev–Trinajstić information content (AvgIpc) is 2.87. The van der Waals surface area contributed by atoms with Crippen molar-refractivity contribution in [2.45, 2.75) is 25.6 Å². The summed E-state index contributed by atoms with van der Waals surface area (Å²) in [5.41, 5.74) is 5.05. The van der Waals surface area contributed by atoms with Crippen LogP contribution in [0.3, 0.4) is 0 Å². The molecule has 0 spiro atoms. The minimum absolute atomic E-state index is 0.146. The lowest BCUT2D eigenvalue weighted by atomic mass is 10.0. The van der Waals surface area contributed by atoms with Crippen molar-refractivity contribution < 1.29 is 24.7 Å². The topological polar surface area (TPSA) is 140 Å². The van der Waals surface area contributed by atoms with Crippen molar-refractivity contribution in [3.63, 3.8) is 0 Å². The van der Waals surface area contributed by atoms with Gasteiger partial charge in [-0.1, -0.05) is 48.0 Å². The van der Waals surface area contributed by atoms with Crippen LogP contribution in [0.5, 0.6) is 0 Å². The molecule has 3 amide bonds. The van der Waals surface area contributed by atoms with Gasteiger partial charge in [-0.2, -0.15) is 0 Å². The molecule has 0 aliphatic heterocycles. The van der Waals surface area contributed by atoms with E-state index in [1.165, 1.54) is 12.4 Å². The third-order valence-electron chi connectivity index (χ3n) is 5.31. The Morgan fingerprint density at radius 1 is 0.944 bits per heavy atom. The zero-order valence-corrected chi connectivity index (χ0v) is 20.3. The van der Waals surface area contributed by atoms with Crippen LogP contribution in [-0.4, -0.2) is 46.7 Å². The molecule has 188 valence electrons. The van der Waals surface area contributed by atoms with Crippen LogP contribution >= 0.6 is 11.6 Å². The fraction of sp³-hybridized carbons (Fsp3) is 0.192. The molecular weight excluding hydrogens is 484 g/mol. The van der Waals surface area contributed by atoms with E-state index in [0.29, 0.717) is 17.3 Å². The van der Waals surface area contributed by atoms with E-state index in [0.717, 1.165) is 16.7 Å². The van der Waals surface area contributed by atoms with Gasteiger partial charge in [-0.15, -0.1) is 0 Å². The summed E-state index contributed by atoms with van der Waals surface area (Å²) in [6.45, 7) is 2.00. The van der Waals surface area contributed by atoms with Crippen molar-refractivity contribution in [3.8, 4) is 11.1 Å². The Morgan fingerprint density at radius 3 is 2.17 bits per heavy atom. The molecular formula is C26H27ClN4O5. The molecule has 9 nitrogen and oxygen atoms in total. The summed E-state index contributed by atoms with van der Waals surface area (Å²) >= 11 is 5.96. The van der Waals surface area contributed by atoms with Gasteiger partial charge in [-0.05, 0) is 60.0 Å². The summed E-state index contributed by atoms with van der Waals surface area (Å²) in [6, 6.07) is 20.0. The zero-order valence-electron chi connectivity index (χ0n) is 19.5. The third-order valence-corrected chi connectivity index (χ3v) is 5.55. The van der Waals surface area contributed by atoms with Crippen molar-refractivity contribution in [1.82, 2.24) is 16.1 Å². The van der Waals surface area contributed by atoms with E-state index < -0.39 is 24.0 Å². The van der Waals surface area contributed by atoms with Gasteiger partial charge in [0, 0.05) is 22.8 Å². The van der Waals surface area contributed by atoms with E-state index in [2.05, 4.69) is 16.0 Å². The number of hydrogen-bond acceptors (Lipinski definition) is 6. The Labute approximate surface area is 213 Å². The average molecular weight is 511 g/mol. The Balaban J connectivity index is 1.53. The van der Waals surface area contributed by atoms with Crippen molar-refractivity contribution in [3.05, 3.63) is 88.9 Å². The first-order chi connectivity index (χ1) is 17.3. The Hall–Kier alpha value is -3.76. The highest BCUT2D eigenvalue weighted by atomic mass is 35.5. The standard InChI is InChI=1S/C26H27ClN4O5/c1-16(32)24(26(35)31-36)30-25(34)20-7-5-18(6-8-20)19-9-11-22(12-10-19)29-23(33)15-28-14-17-3-2-4-21(27)13-17/h2-13,16,24,28,32,36H,14-15H2,1H3,(H,29,33)(H,30,34)(H,31,35)/t16-,24+/m1/s1. The number of halogens is 1. The molecule has 6 N–H and O–H groups in total. The predicted octanol–water partition coefficient (Wildman–Crippen LogP) is 2.72. The molecule has 0 heterocycles. The minimum atomic E-state index is -1.29. The molecule has 0 bridgehead atoms. The van der Waals surface area contributed by atoms with E-state index in [1.807, 2.05) is 30.3 Å². The summed E-state index contributed by atoms with van der Waals surface area (Å²) < 4.78 is 0. The molecule has 0 saturated heterocycles. The van der Waals surface area contributed by atoms with E-state index >= 15 is 0 Å². The number of amides is 3. The van der Waals surface area contributed by atoms with Crippen LogP contribution in [0.2, 0.25) is 5.02 Å². The first-order valence-electron chi connectivity index (χ1n) is 11.1. The summed E-state index contributed by atoms with van der Waals surface area (Å²) in [5.74, 6) is -1.66. The van der Waals surface area contributed by atoms with Crippen molar-refractivity contribution >= 4 is 35.0 Å². The number of aliphatic hydroxyl groups is 1. The van der Waals surface area contributed by atoms with Crippen LogP contribution in [0.1, 0.15) is 22.8 Å². The second-order valence-electron chi connectivity index (χ2n) is 8.10. The molecule has 3 aromatic rings. The molecule has 3 aromatic carbocycles. The maximum absolute atomic E-state index is 12.4. The van der Waals surface area contributed by atoms with Crippen LogP contribution in [0.15, 0.2) is 72.8 Å². The number of rotatable bonds is 10. The highest BCUT2D eigenvalue weighted by Crippen LogP contribution is 2.22. The van der Waals surface area contributed by atoms with Crippen molar-refractivity contribution in [2.75, 3.05) is 11.9 Å². The van der Waals surface area contributed by atoms with Gasteiger partial charge in [-0.25, -0.2) is 5.48 Å². The zero-order chi connectivity index (χ0) is 26.1. The van der Waals surface area contributed by atoms with Gasteiger partial charge < -0.3 is 21.1 Å². The Kier molecular flexibility index (Phi) is 9.54. The van der Waals surface area contributed by atoms with Crippen LogP contribution in [0.4, 0.5) is 5.69 Å². The fourth-order valence-electron chi connectivity index (χ4n) is 3.43. The molecule has 3 rings (SSSR count). The number of carbonyl (C=O) groups is 3. The maximum Gasteiger partial charge on any atom is 0.268 e. The van der Waals surface area contributed by atoms with Gasteiger partial charge in [0.15, 0.2) is 0 Å². The fourth-order valence-corrected chi connectivity index (χ4v) is 3.64. The van der Waals surface area contributed by atoms with E-state index in [9.17, 15) is 19.5 Å². The van der Waals surface area contributed by atoms with Crippen LogP contribution in [-0.2, 0) is 16.1 Å². The lowest BCUT2D eigenvalue weighted by Gasteiger charge is -2.19. The Bertz CT molecular complexity index is 1200. The lowest BCUT2D eigenvalue weighted by molar-refractivity contribution is -0.133. The molecule has 0 radical (unpaired) electrons. The van der Waals surface area contributed by atoms with Gasteiger partial charge in [0.25, 0.3) is 11.8 Å². The van der Waals surface area contributed by atoms with Gasteiger partial charge in [0.2, 0.25) is 5.91 Å². The van der Waals surface area contributed by atoms with Gasteiger partial charge in [0.1, 0.15) is 6.04 Å². The molecule has 0 aliphatic rings. The minimum Gasteiger partial charge on any atom is -0.391 e. The lowest BCUT2D eigenvalue weighted by Crippen LogP contribution is -2.51. The van der Waals surface area contributed by atoms with Crippen molar-refractivity contribution in [1.29, 1.82) is 0 Å². The number of anilines is 1. The van der Waals surface area contributed by atoms with Crippen molar-refractivity contribution in [2.24, 2.45) is 0 Å². The quantitative estimate of drug-likeness (QED) is 0.183. The van der Waals surface area contributed by atoms with E-state index in [1.54, 1.807) is 42.5 Å². The highest BCUT2D eigenvalue weighted by Gasteiger charge is 2.25. The Morgan fingerprint density at radius 2 is 1.58 bits per heavy atom. The number of carbonyl (C=O) groups excluding carboxylic acids is 3. The smallest absolute Gasteiger partial charge is 0.268 e. The molecule has 0 aromatic heterocycles. The number of hydroxylamine groups is 1. The SMILES string of the molecule is C[C@@H](O)[C@H](NC(=O)c1ccc(-c2ccc(NC(=O)CNCc3cccc(Cl)c3)cc2)cc1)C(=O)NO. The first kappa shape index (κ1) is 26.8. The molecule has 10 heteroatoms. The second kappa shape index (κ2) is 12.8. The van der Waals surface area contributed by atoms with Gasteiger partial charge >= 0.3 is 0 Å². The number of aliphatic hydroxyl groups excluding tert-OH is 1. The molecule has 0 fully saturated rings. The normalized spacial score (nSPS) is 12.3. The number of hydrogen-bond donors (Lipinski definition) is 6. The van der Waals surface area contributed by atoms with Gasteiger partial charge in [0.05, 0.1) is 12.6 Å². The second-order valence-corrected chi connectivity index (χ2v) is 8.54. The molecule has 0 unspecified atom stereocenters. The number of benzene rings is 3. The molecule has 0 saturated carbocycles. The number of nitrogens with one attached hydrogen (secondary N) is 4. The summed E-state index contributed by atoms with van der Waals surface area (Å²) in [4.78, 5) is 36.2. The maximum atomic E-state index is 12.4. The van der Waals surface area contributed by atoms with E-state index in [-0.39, 0.29) is 18.0 Å². The van der Waals surface area contributed by atoms with Crippen LogP contribution in [0, 0.1) is 0 Å². The third kappa shape index (κ3) is 7.62. The van der Waals surface area contributed by atoms with Gasteiger partial charge in [-0.3, -0.25) is 19.6 Å². The predicted molar refractivity (Wildman–Crippen MR) is 137 cm³/mol. The first-order valence-corrected chi connectivity index (χ1v) is 11.5. The highest BCUT2D eigenvalue weighted by molar-refractivity contribution is 6.30. The largest absolute Gasteiger partial charge is 0.391 e. The molecule has 2 atom stereocenters. The van der Waals surface area contributed by atoms with E-state index in [4.69, 9.17) is 16.8 Å².